The molecule has 0 amide bonds. The standard InChI is InChI=1S/C15H22O2S/c1-12(16)8-5-4-6-10-15(2,3)14(17)13-9-7-11-18-13/h7,9,11H,4-6,8,10H2,1-3H3. The fourth-order valence-electron chi connectivity index (χ4n) is 1.97. The summed E-state index contributed by atoms with van der Waals surface area (Å²) in [4.78, 5) is 23.9. The Kier molecular flexibility index (Phi) is 5.73. The third-order valence-corrected chi connectivity index (χ3v) is 4.06. The molecule has 0 radical (unpaired) electrons. The van der Waals surface area contributed by atoms with Crippen LogP contribution in [0.15, 0.2) is 17.5 Å². The Hall–Kier alpha value is -0.960. The van der Waals surface area contributed by atoms with Crippen LogP contribution in [-0.2, 0) is 4.79 Å². The number of carbonyl (C=O) groups is 2. The summed E-state index contributed by atoms with van der Waals surface area (Å²) in [6.07, 6.45) is 4.54. The summed E-state index contributed by atoms with van der Waals surface area (Å²) in [5, 5.41) is 1.94. The molecule has 0 saturated heterocycles. The van der Waals surface area contributed by atoms with Crippen LogP contribution < -0.4 is 0 Å². The SMILES string of the molecule is CC(=O)CCCCCC(C)(C)C(=O)c1cccs1. The number of rotatable bonds is 8. The van der Waals surface area contributed by atoms with Gasteiger partial charge in [0.1, 0.15) is 5.78 Å². The first-order valence-corrected chi connectivity index (χ1v) is 7.39. The van der Waals surface area contributed by atoms with Crippen LogP contribution >= 0.6 is 11.3 Å². The van der Waals surface area contributed by atoms with E-state index in [-0.39, 0.29) is 17.0 Å². The van der Waals surface area contributed by atoms with Gasteiger partial charge in [0.15, 0.2) is 5.78 Å². The first kappa shape index (κ1) is 15.1. The van der Waals surface area contributed by atoms with Gasteiger partial charge in [-0.05, 0) is 31.2 Å². The highest BCUT2D eigenvalue weighted by molar-refractivity contribution is 7.12. The van der Waals surface area contributed by atoms with Gasteiger partial charge in [0, 0.05) is 11.8 Å². The van der Waals surface area contributed by atoms with E-state index in [1.807, 2.05) is 31.4 Å². The first-order valence-electron chi connectivity index (χ1n) is 6.51. The van der Waals surface area contributed by atoms with Gasteiger partial charge in [-0.25, -0.2) is 0 Å². The van der Waals surface area contributed by atoms with Gasteiger partial charge in [-0.1, -0.05) is 32.8 Å². The second kappa shape index (κ2) is 6.83. The fourth-order valence-corrected chi connectivity index (χ4v) is 2.82. The summed E-state index contributed by atoms with van der Waals surface area (Å²) in [5.41, 5.74) is -0.291. The van der Waals surface area contributed by atoms with Crippen molar-refractivity contribution in [3.05, 3.63) is 22.4 Å². The predicted octanol–water partition coefficient (Wildman–Crippen LogP) is 4.50. The molecule has 1 aromatic heterocycles. The summed E-state index contributed by atoms with van der Waals surface area (Å²) in [6.45, 7) is 5.66. The number of ketones is 2. The van der Waals surface area contributed by atoms with E-state index in [2.05, 4.69) is 0 Å². The number of thiophene rings is 1. The molecule has 0 fully saturated rings. The molecule has 0 aromatic carbocycles. The topological polar surface area (TPSA) is 34.1 Å². The van der Waals surface area contributed by atoms with E-state index in [9.17, 15) is 9.59 Å². The van der Waals surface area contributed by atoms with Gasteiger partial charge in [0.25, 0.3) is 0 Å². The van der Waals surface area contributed by atoms with Crippen molar-refractivity contribution >= 4 is 22.9 Å². The highest BCUT2D eigenvalue weighted by Crippen LogP contribution is 2.30. The number of carbonyl (C=O) groups excluding carboxylic acids is 2. The van der Waals surface area contributed by atoms with E-state index in [1.54, 1.807) is 6.92 Å². The van der Waals surface area contributed by atoms with Crippen LogP contribution in [0.2, 0.25) is 0 Å². The van der Waals surface area contributed by atoms with Gasteiger partial charge in [-0.15, -0.1) is 11.3 Å². The third kappa shape index (κ3) is 4.73. The lowest BCUT2D eigenvalue weighted by Gasteiger charge is -2.22. The highest BCUT2D eigenvalue weighted by atomic mass is 32.1. The van der Waals surface area contributed by atoms with Crippen molar-refractivity contribution in [1.29, 1.82) is 0 Å². The third-order valence-electron chi connectivity index (χ3n) is 3.19. The molecule has 0 atom stereocenters. The maximum absolute atomic E-state index is 12.3. The van der Waals surface area contributed by atoms with Crippen molar-refractivity contribution in [3.63, 3.8) is 0 Å². The summed E-state index contributed by atoms with van der Waals surface area (Å²) in [6, 6.07) is 3.81. The zero-order valence-corrected chi connectivity index (χ0v) is 12.3. The van der Waals surface area contributed by atoms with Crippen molar-refractivity contribution < 1.29 is 9.59 Å². The van der Waals surface area contributed by atoms with Crippen LogP contribution in [0.3, 0.4) is 0 Å². The Bertz CT molecular complexity index is 391. The van der Waals surface area contributed by atoms with E-state index < -0.39 is 0 Å². The Morgan fingerprint density at radius 2 is 1.94 bits per heavy atom. The molecule has 0 spiro atoms. The largest absolute Gasteiger partial charge is 0.300 e. The van der Waals surface area contributed by atoms with Crippen LogP contribution in [0.1, 0.15) is 62.5 Å². The van der Waals surface area contributed by atoms with Crippen molar-refractivity contribution in [2.45, 2.75) is 52.9 Å². The molecule has 0 aliphatic carbocycles. The van der Waals surface area contributed by atoms with Gasteiger partial charge in [-0.3, -0.25) is 4.79 Å². The molecule has 2 nitrogen and oxygen atoms in total. The molecule has 1 heterocycles. The van der Waals surface area contributed by atoms with Gasteiger partial charge in [-0.2, -0.15) is 0 Å². The van der Waals surface area contributed by atoms with Gasteiger partial charge < -0.3 is 4.79 Å². The maximum Gasteiger partial charge on any atom is 0.178 e. The van der Waals surface area contributed by atoms with Crippen LogP contribution in [0.4, 0.5) is 0 Å². The predicted molar refractivity (Wildman–Crippen MR) is 76.2 cm³/mol. The Morgan fingerprint density at radius 3 is 2.50 bits per heavy atom. The van der Waals surface area contributed by atoms with E-state index in [4.69, 9.17) is 0 Å². The van der Waals surface area contributed by atoms with Crippen LogP contribution in [-0.4, -0.2) is 11.6 Å². The number of Topliss-reactive ketones (excluding diaryl/α,β-unsaturated/α-hetero) is 2. The molecule has 0 unspecified atom stereocenters. The molecule has 18 heavy (non-hydrogen) atoms. The molecule has 100 valence electrons. The van der Waals surface area contributed by atoms with Crippen molar-refractivity contribution in [2.24, 2.45) is 5.41 Å². The number of unbranched alkanes of at least 4 members (excludes halogenated alkanes) is 2. The van der Waals surface area contributed by atoms with Gasteiger partial charge in [0.2, 0.25) is 0 Å². The molecule has 3 heteroatoms. The summed E-state index contributed by atoms with van der Waals surface area (Å²) in [5.74, 6) is 0.494. The van der Waals surface area contributed by atoms with Crippen LogP contribution in [0.25, 0.3) is 0 Å². The van der Waals surface area contributed by atoms with Gasteiger partial charge in [0.05, 0.1) is 4.88 Å². The monoisotopic (exact) mass is 266 g/mol. The second-order valence-corrected chi connectivity index (χ2v) is 6.40. The molecule has 1 aromatic rings. The van der Waals surface area contributed by atoms with E-state index in [0.717, 1.165) is 30.6 Å². The normalized spacial score (nSPS) is 11.5. The molecule has 0 N–H and O–H groups in total. The lowest BCUT2D eigenvalue weighted by molar-refractivity contribution is -0.117. The molecule has 0 bridgehead atoms. The Morgan fingerprint density at radius 1 is 1.22 bits per heavy atom. The molecular formula is C15H22O2S. The van der Waals surface area contributed by atoms with Gasteiger partial charge >= 0.3 is 0 Å². The minimum Gasteiger partial charge on any atom is -0.300 e. The van der Waals surface area contributed by atoms with Crippen molar-refractivity contribution in [2.75, 3.05) is 0 Å². The van der Waals surface area contributed by atoms with Crippen LogP contribution in [0.5, 0.6) is 0 Å². The lowest BCUT2D eigenvalue weighted by Crippen LogP contribution is -2.23. The molecule has 0 aliphatic rings. The summed E-state index contributed by atoms with van der Waals surface area (Å²) in [7, 11) is 0. The lowest BCUT2D eigenvalue weighted by atomic mass is 9.82. The summed E-state index contributed by atoms with van der Waals surface area (Å²) < 4.78 is 0. The van der Waals surface area contributed by atoms with E-state index >= 15 is 0 Å². The first-order chi connectivity index (χ1) is 8.43. The second-order valence-electron chi connectivity index (χ2n) is 5.45. The summed E-state index contributed by atoms with van der Waals surface area (Å²) >= 11 is 1.51. The molecule has 1 rings (SSSR count). The van der Waals surface area contributed by atoms with Crippen LogP contribution in [0, 0.1) is 5.41 Å². The minimum absolute atomic E-state index is 0.240. The zero-order chi connectivity index (χ0) is 13.6. The average molecular weight is 266 g/mol. The Labute approximate surface area is 113 Å². The quantitative estimate of drug-likeness (QED) is 0.513. The van der Waals surface area contributed by atoms with E-state index in [1.165, 1.54) is 11.3 Å². The number of hydrogen-bond acceptors (Lipinski definition) is 3. The fraction of sp³-hybridized carbons (Fsp3) is 0.600. The van der Waals surface area contributed by atoms with Crippen molar-refractivity contribution in [3.8, 4) is 0 Å². The molecule has 0 saturated carbocycles. The van der Waals surface area contributed by atoms with Crippen molar-refractivity contribution in [1.82, 2.24) is 0 Å². The molecular weight excluding hydrogens is 244 g/mol. The average Bonchev–Trinajstić information content (AvgIpc) is 2.80. The van der Waals surface area contributed by atoms with E-state index in [0.29, 0.717) is 6.42 Å². The highest BCUT2D eigenvalue weighted by Gasteiger charge is 2.28. The zero-order valence-electron chi connectivity index (χ0n) is 11.5. The maximum atomic E-state index is 12.3. The smallest absolute Gasteiger partial charge is 0.178 e. The Balaban J connectivity index is 2.35. The minimum atomic E-state index is -0.291. The molecule has 0 aliphatic heterocycles. The number of hydrogen-bond donors (Lipinski definition) is 0.